The summed E-state index contributed by atoms with van der Waals surface area (Å²) in [6, 6.07) is 0.546. The quantitative estimate of drug-likeness (QED) is 0.188. The van der Waals surface area contributed by atoms with Gasteiger partial charge in [0.15, 0.2) is 0 Å². The van der Waals surface area contributed by atoms with Gasteiger partial charge in [0.05, 0.1) is 0 Å². The Balaban J connectivity index is 2.14. The summed E-state index contributed by atoms with van der Waals surface area (Å²) < 4.78 is 10.8. The van der Waals surface area contributed by atoms with Crippen LogP contribution >= 0.6 is 0 Å². The summed E-state index contributed by atoms with van der Waals surface area (Å²) in [5.41, 5.74) is 2.52. The molecule has 0 saturated heterocycles. The van der Waals surface area contributed by atoms with E-state index in [2.05, 4.69) is 15.7 Å². The first kappa shape index (κ1) is 11.5. The molecule has 0 radical (unpaired) electrons. The molecule has 14 heavy (non-hydrogen) atoms. The summed E-state index contributed by atoms with van der Waals surface area (Å²) in [6.07, 6.45) is 4.92. The van der Waals surface area contributed by atoms with Gasteiger partial charge in [0.2, 0.25) is 5.96 Å². The van der Waals surface area contributed by atoms with Gasteiger partial charge in [-0.15, -0.1) is 0 Å². The van der Waals surface area contributed by atoms with Gasteiger partial charge in [-0.05, 0) is 19.3 Å². The van der Waals surface area contributed by atoms with Crippen molar-refractivity contribution in [2.75, 3.05) is 18.6 Å². The Hall–Kier alpha value is -0.620. The van der Waals surface area contributed by atoms with Crippen LogP contribution < -0.4 is 16.6 Å². The number of hydrogen-bond donors (Lipinski definition) is 3. The predicted octanol–water partition coefficient (Wildman–Crippen LogP) is -0.674. The zero-order chi connectivity index (χ0) is 10.4. The fraction of sp³-hybridized carbons (Fsp3) is 0.875. The fourth-order valence-electron chi connectivity index (χ4n) is 1.01. The highest BCUT2D eigenvalue weighted by Gasteiger charge is 2.21. The molecule has 1 aliphatic carbocycles. The molecule has 0 bridgehead atoms. The maximum absolute atomic E-state index is 10.8. The molecular weight excluding hydrogens is 200 g/mol. The molecule has 0 aliphatic heterocycles. The van der Waals surface area contributed by atoms with Crippen molar-refractivity contribution in [3.05, 3.63) is 0 Å². The first-order valence-corrected chi connectivity index (χ1v) is 6.52. The number of rotatable bonds is 5. The minimum Gasteiger partial charge on any atom is -0.353 e. The average Bonchev–Trinajstić information content (AvgIpc) is 2.93. The summed E-state index contributed by atoms with van der Waals surface area (Å²) in [5, 5.41) is 3.17. The van der Waals surface area contributed by atoms with Crippen molar-refractivity contribution in [3.8, 4) is 0 Å². The van der Waals surface area contributed by atoms with Gasteiger partial charge >= 0.3 is 0 Å². The molecule has 0 aromatic rings. The number of nitrogens with zero attached hydrogens (tertiary/aromatic N) is 1. The molecule has 0 aromatic carbocycles. The van der Waals surface area contributed by atoms with Gasteiger partial charge in [0.25, 0.3) is 0 Å². The van der Waals surface area contributed by atoms with E-state index in [9.17, 15) is 4.21 Å². The second kappa shape index (κ2) is 5.98. The van der Waals surface area contributed by atoms with Crippen LogP contribution in [0.4, 0.5) is 0 Å². The van der Waals surface area contributed by atoms with Gasteiger partial charge in [-0.2, -0.15) is 0 Å². The van der Waals surface area contributed by atoms with Gasteiger partial charge in [0, 0.05) is 35.4 Å². The SMILES string of the molecule is CS(=O)CCCN=C(NN)NC1CC1. The Kier molecular flexibility index (Phi) is 4.89. The average molecular weight is 218 g/mol. The minimum absolute atomic E-state index is 0.546. The van der Waals surface area contributed by atoms with Crippen molar-refractivity contribution in [2.45, 2.75) is 25.3 Å². The van der Waals surface area contributed by atoms with E-state index >= 15 is 0 Å². The van der Waals surface area contributed by atoms with E-state index in [0.717, 1.165) is 6.42 Å². The maximum atomic E-state index is 10.8. The van der Waals surface area contributed by atoms with E-state index in [1.807, 2.05) is 0 Å². The predicted molar refractivity (Wildman–Crippen MR) is 59.3 cm³/mol. The Labute approximate surface area is 87.0 Å². The zero-order valence-electron chi connectivity index (χ0n) is 8.45. The first-order valence-electron chi connectivity index (χ1n) is 4.80. The van der Waals surface area contributed by atoms with Crippen molar-refractivity contribution in [2.24, 2.45) is 10.8 Å². The van der Waals surface area contributed by atoms with E-state index in [4.69, 9.17) is 5.84 Å². The molecular formula is C8H18N4OS. The lowest BCUT2D eigenvalue weighted by Gasteiger charge is -2.06. The van der Waals surface area contributed by atoms with E-state index in [1.165, 1.54) is 12.8 Å². The molecule has 0 aromatic heterocycles. The summed E-state index contributed by atoms with van der Waals surface area (Å²) >= 11 is 0. The molecule has 0 amide bonds. The number of nitrogens with two attached hydrogens (primary N) is 1. The molecule has 1 saturated carbocycles. The van der Waals surface area contributed by atoms with Crippen LogP contribution in [0.25, 0.3) is 0 Å². The first-order chi connectivity index (χ1) is 6.72. The molecule has 0 heterocycles. The Morgan fingerprint density at radius 1 is 1.64 bits per heavy atom. The van der Waals surface area contributed by atoms with Crippen LogP contribution in [0, 0.1) is 0 Å². The fourth-order valence-corrected chi connectivity index (χ4v) is 1.55. The van der Waals surface area contributed by atoms with E-state index in [0.29, 0.717) is 24.3 Å². The largest absolute Gasteiger partial charge is 0.353 e. The van der Waals surface area contributed by atoms with Gasteiger partial charge in [-0.25, -0.2) is 5.84 Å². The van der Waals surface area contributed by atoms with Gasteiger partial charge in [0.1, 0.15) is 0 Å². The minimum atomic E-state index is -0.722. The van der Waals surface area contributed by atoms with Crippen LogP contribution in [0.3, 0.4) is 0 Å². The third kappa shape index (κ3) is 5.18. The monoisotopic (exact) mass is 218 g/mol. The normalized spacial score (nSPS) is 19.1. The standard InChI is InChI=1S/C8H18N4OS/c1-14(13)6-2-5-10-8(12-9)11-7-3-4-7/h7H,2-6,9H2,1H3,(H2,10,11,12). The highest BCUT2D eigenvalue weighted by atomic mass is 32.2. The topological polar surface area (TPSA) is 79.5 Å². The van der Waals surface area contributed by atoms with Crippen molar-refractivity contribution < 1.29 is 4.21 Å². The van der Waals surface area contributed by atoms with E-state index in [-0.39, 0.29) is 0 Å². The molecule has 1 rings (SSSR count). The summed E-state index contributed by atoms with van der Waals surface area (Å²) in [4.78, 5) is 4.23. The number of nitrogens with one attached hydrogen (secondary N) is 2. The Morgan fingerprint density at radius 2 is 2.36 bits per heavy atom. The van der Waals surface area contributed by atoms with Crippen LogP contribution in [0.1, 0.15) is 19.3 Å². The molecule has 0 spiro atoms. The van der Waals surface area contributed by atoms with Crippen LogP contribution in [-0.4, -0.2) is 34.8 Å². The zero-order valence-corrected chi connectivity index (χ0v) is 9.27. The number of guanidine groups is 1. The van der Waals surface area contributed by atoms with E-state index in [1.54, 1.807) is 6.26 Å². The second-order valence-electron chi connectivity index (χ2n) is 3.42. The molecule has 82 valence electrons. The third-order valence-corrected chi connectivity index (χ3v) is 2.78. The van der Waals surface area contributed by atoms with Gasteiger partial charge in [-0.1, -0.05) is 0 Å². The lowest BCUT2D eigenvalue weighted by atomic mass is 10.5. The van der Waals surface area contributed by atoms with Crippen LogP contribution in [-0.2, 0) is 10.8 Å². The summed E-state index contributed by atoms with van der Waals surface area (Å²) in [7, 11) is -0.722. The molecule has 1 aliphatic rings. The van der Waals surface area contributed by atoms with E-state index < -0.39 is 10.8 Å². The molecule has 6 heteroatoms. The summed E-state index contributed by atoms with van der Waals surface area (Å²) in [5.74, 6) is 6.63. The summed E-state index contributed by atoms with van der Waals surface area (Å²) in [6.45, 7) is 0.666. The van der Waals surface area contributed by atoms with Crippen molar-refractivity contribution in [1.82, 2.24) is 10.7 Å². The second-order valence-corrected chi connectivity index (χ2v) is 4.98. The maximum Gasteiger partial charge on any atom is 0.205 e. The van der Waals surface area contributed by atoms with Gasteiger partial charge < -0.3 is 5.32 Å². The highest BCUT2D eigenvalue weighted by Crippen LogP contribution is 2.18. The Bertz CT molecular complexity index is 227. The van der Waals surface area contributed by atoms with Crippen molar-refractivity contribution in [3.63, 3.8) is 0 Å². The smallest absolute Gasteiger partial charge is 0.205 e. The van der Waals surface area contributed by atoms with Gasteiger partial charge in [-0.3, -0.25) is 14.6 Å². The molecule has 1 unspecified atom stereocenters. The third-order valence-electron chi connectivity index (χ3n) is 1.91. The van der Waals surface area contributed by atoms with Crippen molar-refractivity contribution in [1.29, 1.82) is 0 Å². The Morgan fingerprint density at radius 3 is 2.86 bits per heavy atom. The molecule has 5 nitrogen and oxygen atoms in total. The van der Waals surface area contributed by atoms with Crippen molar-refractivity contribution >= 4 is 16.8 Å². The molecule has 4 N–H and O–H groups in total. The molecule has 1 atom stereocenters. The number of hydrogen-bond acceptors (Lipinski definition) is 3. The van der Waals surface area contributed by atoms with Crippen LogP contribution in [0.15, 0.2) is 4.99 Å². The van der Waals surface area contributed by atoms with Crippen LogP contribution in [0.5, 0.6) is 0 Å². The van der Waals surface area contributed by atoms with Crippen LogP contribution in [0.2, 0.25) is 0 Å². The lowest BCUT2D eigenvalue weighted by molar-refractivity contribution is 0.684. The lowest BCUT2D eigenvalue weighted by Crippen LogP contribution is -2.42. The number of hydrazine groups is 1. The highest BCUT2D eigenvalue weighted by molar-refractivity contribution is 7.84. The number of aliphatic imine (C=N–C) groups is 1. The molecule has 1 fully saturated rings.